The van der Waals surface area contributed by atoms with Crippen LogP contribution in [-0.2, 0) is 9.53 Å². The van der Waals surface area contributed by atoms with Crippen LogP contribution < -0.4 is 5.32 Å². The topological polar surface area (TPSA) is 91.0 Å². The van der Waals surface area contributed by atoms with Crippen LogP contribution in [0.15, 0.2) is 53.9 Å². The first kappa shape index (κ1) is 19.7. The summed E-state index contributed by atoms with van der Waals surface area (Å²) in [6.07, 6.45) is 4.93. The van der Waals surface area contributed by atoms with Crippen LogP contribution in [0.1, 0.15) is 30.4 Å². The lowest BCUT2D eigenvalue weighted by atomic mass is 10.3. The molecule has 2 heterocycles. The second-order valence-electron chi connectivity index (χ2n) is 6.18. The largest absolute Gasteiger partial charge is 0.451 e. The normalized spacial score (nSPS) is 10.9. The average molecular weight is 399 g/mol. The fourth-order valence-electron chi connectivity index (χ4n) is 2.66. The molecule has 0 aliphatic carbocycles. The first-order valence-corrected chi connectivity index (χ1v) is 9.91. The molecular formula is C19H21N5O3S. The van der Waals surface area contributed by atoms with Crippen molar-refractivity contribution in [1.82, 2.24) is 19.3 Å². The molecule has 0 fully saturated rings. The smallest absolute Gasteiger partial charge is 0.357 e. The zero-order valence-corrected chi connectivity index (χ0v) is 16.6. The lowest BCUT2D eigenvalue weighted by Gasteiger charge is -2.12. The summed E-state index contributed by atoms with van der Waals surface area (Å²) < 4.78 is 8.59. The van der Waals surface area contributed by atoms with E-state index in [-0.39, 0.29) is 11.7 Å². The number of rotatable bonds is 7. The molecule has 0 unspecified atom stereocenters. The highest BCUT2D eigenvalue weighted by molar-refractivity contribution is 7.98. The molecule has 2 aromatic heterocycles. The second kappa shape index (κ2) is 8.75. The third-order valence-corrected chi connectivity index (χ3v) is 4.55. The summed E-state index contributed by atoms with van der Waals surface area (Å²) in [6, 6.07) is 11.2. The molecule has 8 nitrogen and oxygen atoms in total. The zero-order valence-electron chi connectivity index (χ0n) is 15.8. The minimum atomic E-state index is -0.621. The maximum atomic E-state index is 12.6. The van der Waals surface area contributed by atoms with Crippen LogP contribution >= 0.6 is 11.8 Å². The van der Waals surface area contributed by atoms with Gasteiger partial charge in [0.15, 0.2) is 17.5 Å². The summed E-state index contributed by atoms with van der Waals surface area (Å²) in [5.74, 6) is -0.508. The van der Waals surface area contributed by atoms with Gasteiger partial charge < -0.3 is 10.1 Å². The van der Waals surface area contributed by atoms with Crippen LogP contribution in [0, 0.1) is 0 Å². The quantitative estimate of drug-likeness (QED) is 0.485. The van der Waals surface area contributed by atoms with E-state index in [1.54, 1.807) is 21.5 Å². The van der Waals surface area contributed by atoms with Gasteiger partial charge in [-0.1, -0.05) is 30.0 Å². The maximum Gasteiger partial charge on any atom is 0.357 e. The van der Waals surface area contributed by atoms with Gasteiger partial charge in [0.1, 0.15) is 5.82 Å². The predicted octanol–water partition coefficient (Wildman–Crippen LogP) is 3.17. The third-order valence-electron chi connectivity index (χ3n) is 3.90. The number of anilines is 1. The molecule has 0 bridgehead atoms. The van der Waals surface area contributed by atoms with E-state index in [2.05, 4.69) is 15.4 Å². The maximum absolute atomic E-state index is 12.6. The van der Waals surface area contributed by atoms with Gasteiger partial charge in [-0.2, -0.15) is 5.10 Å². The van der Waals surface area contributed by atoms with E-state index >= 15 is 0 Å². The van der Waals surface area contributed by atoms with Gasteiger partial charge in [-0.05, 0) is 32.2 Å². The van der Waals surface area contributed by atoms with Crippen LogP contribution in [0.2, 0.25) is 0 Å². The summed E-state index contributed by atoms with van der Waals surface area (Å²) in [6.45, 7) is 3.50. The molecule has 3 rings (SSSR count). The van der Waals surface area contributed by atoms with Crippen LogP contribution in [0.4, 0.5) is 5.82 Å². The number of para-hydroxylation sites is 1. The number of hydrogen-bond donors (Lipinski definition) is 1. The lowest BCUT2D eigenvalue weighted by molar-refractivity contribution is -0.119. The van der Waals surface area contributed by atoms with Gasteiger partial charge in [0, 0.05) is 17.8 Å². The van der Waals surface area contributed by atoms with Crippen LogP contribution in [0.5, 0.6) is 0 Å². The molecule has 3 aromatic rings. The summed E-state index contributed by atoms with van der Waals surface area (Å²) in [5.41, 5.74) is 1.05. The molecule has 1 amide bonds. The number of carbonyl (C=O) groups is 2. The van der Waals surface area contributed by atoms with Gasteiger partial charge >= 0.3 is 5.97 Å². The second-order valence-corrected chi connectivity index (χ2v) is 6.95. The summed E-state index contributed by atoms with van der Waals surface area (Å²) in [4.78, 5) is 29.0. The Balaban J connectivity index is 1.69. The fourth-order valence-corrected chi connectivity index (χ4v) is 3.20. The highest BCUT2D eigenvalue weighted by atomic mass is 32.2. The number of nitrogens with one attached hydrogen (secondary N) is 1. The molecule has 0 saturated heterocycles. The Labute approximate surface area is 166 Å². The van der Waals surface area contributed by atoms with Crippen molar-refractivity contribution >= 4 is 29.5 Å². The van der Waals surface area contributed by atoms with Crippen LogP contribution in [-0.4, -0.2) is 44.1 Å². The molecule has 1 N–H and O–H groups in total. The van der Waals surface area contributed by atoms with Crippen molar-refractivity contribution in [2.75, 3.05) is 18.2 Å². The van der Waals surface area contributed by atoms with Gasteiger partial charge in [0.05, 0.1) is 12.4 Å². The van der Waals surface area contributed by atoms with Crippen LogP contribution in [0.25, 0.3) is 5.69 Å². The molecule has 0 saturated carbocycles. The molecule has 0 radical (unpaired) electrons. The Hall–Kier alpha value is -3.07. The molecule has 9 heteroatoms. The standard InChI is InChI=1S/C19H21N5O3S/c1-13(2)24-16(9-10-21-24)22-17(25)12-27-18(26)15-11-20-19(28-3)23(15)14-7-5-4-6-8-14/h4-11,13H,12H2,1-3H3,(H,22,25). The number of imidazole rings is 1. The molecule has 0 spiro atoms. The number of carbonyl (C=O) groups excluding carboxylic acids is 2. The minimum Gasteiger partial charge on any atom is -0.451 e. The van der Waals surface area contributed by atoms with E-state index in [9.17, 15) is 9.59 Å². The third kappa shape index (κ3) is 4.25. The van der Waals surface area contributed by atoms with Gasteiger partial charge in [-0.3, -0.25) is 9.36 Å². The molecule has 146 valence electrons. The van der Waals surface area contributed by atoms with Crippen LogP contribution in [0.3, 0.4) is 0 Å². The fraction of sp³-hybridized carbons (Fsp3) is 0.263. The Kier molecular flexibility index (Phi) is 6.15. The average Bonchev–Trinajstić information content (AvgIpc) is 3.33. The Morgan fingerprint density at radius 1 is 1.21 bits per heavy atom. The van der Waals surface area contributed by atoms with Crippen molar-refractivity contribution in [2.45, 2.75) is 25.0 Å². The van der Waals surface area contributed by atoms with E-state index < -0.39 is 18.5 Å². The van der Waals surface area contributed by atoms with E-state index in [4.69, 9.17) is 4.74 Å². The first-order valence-electron chi connectivity index (χ1n) is 8.69. The van der Waals surface area contributed by atoms with E-state index in [1.807, 2.05) is 50.4 Å². The molecule has 1 aromatic carbocycles. The first-order chi connectivity index (χ1) is 13.5. The van der Waals surface area contributed by atoms with E-state index in [1.165, 1.54) is 18.0 Å². The van der Waals surface area contributed by atoms with Crippen molar-refractivity contribution in [3.63, 3.8) is 0 Å². The lowest BCUT2D eigenvalue weighted by Crippen LogP contribution is -2.23. The number of hydrogen-bond acceptors (Lipinski definition) is 6. The van der Waals surface area contributed by atoms with Crippen molar-refractivity contribution in [3.05, 3.63) is 54.5 Å². The number of ether oxygens (including phenoxy) is 1. The predicted molar refractivity (Wildman–Crippen MR) is 107 cm³/mol. The van der Waals surface area contributed by atoms with Crippen molar-refractivity contribution < 1.29 is 14.3 Å². The molecule has 28 heavy (non-hydrogen) atoms. The van der Waals surface area contributed by atoms with Crippen molar-refractivity contribution in [3.8, 4) is 5.69 Å². The Morgan fingerprint density at radius 3 is 2.64 bits per heavy atom. The van der Waals surface area contributed by atoms with Gasteiger partial charge in [-0.25, -0.2) is 14.5 Å². The molecular weight excluding hydrogens is 378 g/mol. The highest BCUT2D eigenvalue weighted by Gasteiger charge is 2.20. The van der Waals surface area contributed by atoms with E-state index in [0.717, 1.165) is 5.69 Å². The number of thioether (sulfide) groups is 1. The highest BCUT2D eigenvalue weighted by Crippen LogP contribution is 2.22. The van der Waals surface area contributed by atoms with Crippen molar-refractivity contribution in [2.24, 2.45) is 0 Å². The van der Waals surface area contributed by atoms with E-state index in [0.29, 0.717) is 11.0 Å². The minimum absolute atomic E-state index is 0.0954. The summed E-state index contributed by atoms with van der Waals surface area (Å²) >= 11 is 1.42. The van der Waals surface area contributed by atoms with Gasteiger partial charge in [0.2, 0.25) is 0 Å². The molecule has 0 aliphatic rings. The monoisotopic (exact) mass is 399 g/mol. The summed E-state index contributed by atoms with van der Waals surface area (Å²) in [7, 11) is 0. The number of benzene rings is 1. The Morgan fingerprint density at radius 2 is 1.96 bits per heavy atom. The van der Waals surface area contributed by atoms with Crippen molar-refractivity contribution in [1.29, 1.82) is 0 Å². The number of nitrogens with zero attached hydrogens (tertiary/aromatic N) is 4. The number of amides is 1. The zero-order chi connectivity index (χ0) is 20.1. The summed E-state index contributed by atoms with van der Waals surface area (Å²) in [5, 5.41) is 7.50. The van der Waals surface area contributed by atoms with Gasteiger partial charge in [0.25, 0.3) is 5.91 Å². The number of aromatic nitrogens is 4. The molecule has 0 aliphatic heterocycles. The molecule has 0 atom stereocenters. The Bertz CT molecular complexity index is 965. The SMILES string of the molecule is CSc1ncc(C(=O)OCC(=O)Nc2ccnn2C(C)C)n1-c1ccccc1. The van der Waals surface area contributed by atoms with Gasteiger partial charge in [-0.15, -0.1) is 0 Å². The number of esters is 1.